The van der Waals surface area contributed by atoms with Crippen molar-refractivity contribution in [1.82, 2.24) is 10.3 Å². The summed E-state index contributed by atoms with van der Waals surface area (Å²) in [5, 5.41) is 4.10. The topological polar surface area (TPSA) is 77.5 Å². The SMILES string of the molecule is CCC[C@H](C)NC(=O)COC(=O)COc1c(Cl)cc(Cl)c2ccc(C)nc12. The zero-order valence-corrected chi connectivity index (χ0v) is 17.0. The van der Waals surface area contributed by atoms with Crippen LogP contribution in [0, 0.1) is 6.92 Å². The van der Waals surface area contributed by atoms with Crippen molar-refractivity contribution >= 4 is 46.0 Å². The lowest BCUT2D eigenvalue weighted by atomic mass is 10.2. The van der Waals surface area contributed by atoms with Crippen LogP contribution < -0.4 is 10.1 Å². The Bertz CT molecular complexity index is 842. The van der Waals surface area contributed by atoms with Gasteiger partial charge >= 0.3 is 5.97 Å². The fourth-order valence-corrected chi connectivity index (χ4v) is 3.14. The Hall–Kier alpha value is -2.05. The first-order valence-corrected chi connectivity index (χ1v) is 9.40. The molecule has 0 aliphatic heterocycles. The first kappa shape index (κ1) is 21.3. The molecule has 0 fully saturated rings. The van der Waals surface area contributed by atoms with E-state index in [2.05, 4.69) is 10.3 Å². The van der Waals surface area contributed by atoms with E-state index in [9.17, 15) is 9.59 Å². The third-order valence-electron chi connectivity index (χ3n) is 3.80. The van der Waals surface area contributed by atoms with Crippen molar-refractivity contribution < 1.29 is 19.1 Å². The van der Waals surface area contributed by atoms with Crippen LogP contribution in [-0.4, -0.2) is 36.1 Å². The molecule has 0 bridgehead atoms. The molecule has 1 aromatic heterocycles. The van der Waals surface area contributed by atoms with Crippen LogP contribution in [0.5, 0.6) is 5.75 Å². The second-order valence-corrected chi connectivity index (χ2v) is 7.04. The third-order valence-corrected chi connectivity index (χ3v) is 4.40. The van der Waals surface area contributed by atoms with Crippen molar-refractivity contribution in [3.8, 4) is 5.75 Å². The third kappa shape index (κ3) is 5.97. The van der Waals surface area contributed by atoms with E-state index in [1.54, 1.807) is 0 Å². The Morgan fingerprint density at radius 1 is 1.22 bits per heavy atom. The number of pyridine rings is 1. The minimum Gasteiger partial charge on any atom is -0.478 e. The van der Waals surface area contributed by atoms with Gasteiger partial charge in [-0.15, -0.1) is 0 Å². The normalized spacial score (nSPS) is 11.9. The first-order valence-electron chi connectivity index (χ1n) is 8.65. The fraction of sp³-hybridized carbons (Fsp3) is 0.421. The van der Waals surface area contributed by atoms with Crippen LogP contribution >= 0.6 is 23.2 Å². The average molecular weight is 413 g/mol. The summed E-state index contributed by atoms with van der Waals surface area (Å²) in [6.45, 7) is 4.99. The van der Waals surface area contributed by atoms with Crippen LogP contribution in [0.25, 0.3) is 10.9 Å². The van der Waals surface area contributed by atoms with E-state index >= 15 is 0 Å². The number of carbonyl (C=O) groups is 2. The van der Waals surface area contributed by atoms with Crippen molar-refractivity contribution in [2.75, 3.05) is 13.2 Å². The molecule has 0 radical (unpaired) electrons. The second-order valence-electron chi connectivity index (χ2n) is 6.22. The number of hydrogen-bond acceptors (Lipinski definition) is 5. The lowest BCUT2D eigenvalue weighted by Gasteiger charge is -2.14. The minimum atomic E-state index is -0.680. The summed E-state index contributed by atoms with van der Waals surface area (Å²) in [6.07, 6.45) is 1.82. The van der Waals surface area contributed by atoms with E-state index in [0.717, 1.165) is 18.5 Å². The largest absolute Gasteiger partial charge is 0.478 e. The first-order chi connectivity index (χ1) is 12.8. The molecular weight excluding hydrogens is 391 g/mol. The summed E-state index contributed by atoms with van der Waals surface area (Å²) >= 11 is 12.4. The van der Waals surface area contributed by atoms with Gasteiger partial charge in [-0.25, -0.2) is 9.78 Å². The Morgan fingerprint density at radius 3 is 2.67 bits per heavy atom. The highest BCUT2D eigenvalue weighted by Crippen LogP contribution is 2.37. The average Bonchev–Trinajstić information content (AvgIpc) is 2.59. The lowest BCUT2D eigenvalue weighted by molar-refractivity contribution is -0.150. The highest BCUT2D eigenvalue weighted by Gasteiger charge is 2.16. The Labute approximate surface area is 168 Å². The van der Waals surface area contributed by atoms with Crippen molar-refractivity contribution in [2.24, 2.45) is 0 Å². The second kappa shape index (κ2) is 9.76. The molecule has 1 amide bonds. The molecule has 0 spiro atoms. The van der Waals surface area contributed by atoms with Gasteiger partial charge in [0, 0.05) is 17.1 Å². The number of halogens is 2. The number of esters is 1. The Morgan fingerprint density at radius 2 is 1.96 bits per heavy atom. The van der Waals surface area contributed by atoms with E-state index < -0.39 is 12.6 Å². The minimum absolute atomic E-state index is 0.0333. The van der Waals surface area contributed by atoms with Crippen LogP contribution in [-0.2, 0) is 14.3 Å². The number of amides is 1. The summed E-state index contributed by atoms with van der Waals surface area (Å²) in [7, 11) is 0. The molecule has 1 atom stereocenters. The highest BCUT2D eigenvalue weighted by molar-refractivity contribution is 6.39. The van der Waals surface area contributed by atoms with Gasteiger partial charge in [-0.2, -0.15) is 0 Å². The summed E-state index contributed by atoms with van der Waals surface area (Å²) < 4.78 is 10.5. The molecular formula is C19H22Cl2N2O4. The Balaban J connectivity index is 1.97. The van der Waals surface area contributed by atoms with Gasteiger partial charge in [-0.3, -0.25) is 4.79 Å². The number of rotatable bonds is 8. The predicted molar refractivity (Wildman–Crippen MR) is 105 cm³/mol. The van der Waals surface area contributed by atoms with Gasteiger partial charge in [0.25, 0.3) is 5.91 Å². The van der Waals surface area contributed by atoms with Crippen molar-refractivity contribution in [3.05, 3.63) is 33.9 Å². The van der Waals surface area contributed by atoms with Crippen molar-refractivity contribution in [2.45, 2.75) is 39.7 Å². The Kier molecular flexibility index (Phi) is 7.68. The van der Waals surface area contributed by atoms with Crippen LogP contribution in [0.4, 0.5) is 0 Å². The molecule has 1 N–H and O–H groups in total. The number of carbonyl (C=O) groups excluding carboxylic acids is 2. The zero-order valence-electron chi connectivity index (χ0n) is 15.5. The van der Waals surface area contributed by atoms with Crippen LogP contribution in [0.1, 0.15) is 32.4 Å². The fourth-order valence-electron chi connectivity index (χ4n) is 2.57. The highest BCUT2D eigenvalue weighted by atomic mass is 35.5. The smallest absolute Gasteiger partial charge is 0.344 e. The maximum absolute atomic E-state index is 11.9. The summed E-state index contributed by atoms with van der Waals surface area (Å²) in [5.41, 5.74) is 1.22. The molecule has 0 aliphatic carbocycles. The number of aryl methyl sites for hydroxylation is 1. The maximum Gasteiger partial charge on any atom is 0.344 e. The predicted octanol–water partition coefficient (Wildman–Crippen LogP) is 4.08. The van der Waals surface area contributed by atoms with Gasteiger partial charge in [0.2, 0.25) is 0 Å². The van der Waals surface area contributed by atoms with Crippen LogP contribution in [0.2, 0.25) is 10.0 Å². The van der Waals surface area contributed by atoms with Gasteiger partial charge in [-0.1, -0.05) is 36.5 Å². The van der Waals surface area contributed by atoms with Gasteiger partial charge in [-0.05, 0) is 38.5 Å². The molecule has 1 heterocycles. The maximum atomic E-state index is 11.9. The van der Waals surface area contributed by atoms with Gasteiger partial charge < -0.3 is 14.8 Å². The van der Waals surface area contributed by atoms with Gasteiger partial charge in [0.15, 0.2) is 19.0 Å². The van der Waals surface area contributed by atoms with E-state index in [1.807, 2.05) is 32.9 Å². The van der Waals surface area contributed by atoms with Crippen molar-refractivity contribution in [3.63, 3.8) is 0 Å². The molecule has 2 rings (SSSR count). The molecule has 0 saturated carbocycles. The number of hydrogen-bond donors (Lipinski definition) is 1. The summed E-state index contributed by atoms with van der Waals surface area (Å²) in [6, 6.07) is 5.19. The molecule has 2 aromatic rings. The summed E-state index contributed by atoms with van der Waals surface area (Å²) in [4.78, 5) is 28.0. The molecule has 146 valence electrons. The number of fused-ring (bicyclic) bond motifs is 1. The van der Waals surface area contributed by atoms with Crippen LogP contribution in [0.15, 0.2) is 18.2 Å². The van der Waals surface area contributed by atoms with Crippen LogP contribution in [0.3, 0.4) is 0 Å². The van der Waals surface area contributed by atoms with E-state index in [1.165, 1.54) is 6.07 Å². The van der Waals surface area contributed by atoms with Gasteiger partial charge in [0.05, 0.1) is 10.0 Å². The molecule has 8 heteroatoms. The molecule has 1 aromatic carbocycles. The number of nitrogens with one attached hydrogen (secondary N) is 1. The van der Waals surface area contributed by atoms with E-state index in [4.69, 9.17) is 32.7 Å². The number of benzene rings is 1. The van der Waals surface area contributed by atoms with Crippen molar-refractivity contribution in [1.29, 1.82) is 0 Å². The molecule has 6 nitrogen and oxygen atoms in total. The molecule has 0 aliphatic rings. The molecule has 0 saturated heterocycles. The number of nitrogens with zero attached hydrogens (tertiary/aromatic N) is 1. The van der Waals surface area contributed by atoms with Gasteiger partial charge in [0.1, 0.15) is 5.52 Å². The van der Waals surface area contributed by atoms with E-state index in [0.29, 0.717) is 15.9 Å². The molecule has 27 heavy (non-hydrogen) atoms. The number of ether oxygens (including phenoxy) is 2. The number of aromatic nitrogens is 1. The quantitative estimate of drug-likeness (QED) is 0.660. The monoisotopic (exact) mass is 412 g/mol. The molecule has 0 unspecified atom stereocenters. The zero-order chi connectivity index (χ0) is 20.0. The lowest BCUT2D eigenvalue weighted by Crippen LogP contribution is -2.36. The summed E-state index contributed by atoms with van der Waals surface area (Å²) in [5.74, 6) is -0.783. The van der Waals surface area contributed by atoms with E-state index in [-0.39, 0.29) is 29.3 Å². The standard InChI is InChI=1S/C19H22Cl2N2O4/c1-4-5-11(2)22-16(24)9-26-17(25)10-27-19-15(21)8-14(20)13-7-6-12(3)23-18(13)19/h6-8,11H,4-5,9-10H2,1-3H3,(H,22,24)/t11-/m0/s1.